The summed E-state index contributed by atoms with van der Waals surface area (Å²) in [6.45, 7) is 0. The smallest absolute Gasteiger partial charge is 0.284 e. The standard InChI is InChI=1S/C10H9BrN2OS/c11-8-4-2-1-3-7(8)5-6-9-12-13-10(15)14-9/h1-4H,5-6H2,(H,13,15). The molecule has 1 N–H and O–H groups in total. The van der Waals surface area contributed by atoms with Gasteiger partial charge in [-0.05, 0) is 30.3 Å². The van der Waals surface area contributed by atoms with Crippen LogP contribution in [-0.4, -0.2) is 10.2 Å². The molecule has 0 aliphatic heterocycles. The van der Waals surface area contributed by atoms with Gasteiger partial charge >= 0.3 is 0 Å². The second kappa shape index (κ2) is 4.72. The molecule has 0 atom stereocenters. The summed E-state index contributed by atoms with van der Waals surface area (Å²) in [5, 5.41) is 6.56. The summed E-state index contributed by atoms with van der Waals surface area (Å²) in [4.78, 5) is 0.331. The Balaban J connectivity index is 2.05. The molecule has 0 aliphatic carbocycles. The SMILES string of the molecule is S=c1[nH]nc(CCc2ccccc2Br)o1. The Hall–Kier alpha value is -0.940. The molecule has 0 spiro atoms. The molecule has 0 aliphatic rings. The van der Waals surface area contributed by atoms with Gasteiger partial charge in [-0.25, -0.2) is 5.10 Å². The minimum Gasteiger partial charge on any atom is -0.414 e. The molecule has 1 aromatic heterocycles. The van der Waals surface area contributed by atoms with E-state index in [1.165, 1.54) is 5.56 Å². The average Bonchev–Trinajstić information content (AvgIpc) is 2.63. The summed E-state index contributed by atoms with van der Waals surface area (Å²) < 4.78 is 6.29. The van der Waals surface area contributed by atoms with Crippen LogP contribution in [0.4, 0.5) is 0 Å². The first-order valence-corrected chi connectivity index (χ1v) is 5.73. The van der Waals surface area contributed by atoms with E-state index >= 15 is 0 Å². The summed E-state index contributed by atoms with van der Waals surface area (Å²) in [6, 6.07) is 8.11. The lowest BCUT2D eigenvalue weighted by atomic mass is 10.1. The Labute approximate surface area is 101 Å². The van der Waals surface area contributed by atoms with E-state index in [9.17, 15) is 0 Å². The second-order valence-electron chi connectivity index (χ2n) is 3.10. The highest BCUT2D eigenvalue weighted by Gasteiger charge is 2.03. The topological polar surface area (TPSA) is 41.8 Å². The van der Waals surface area contributed by atoms with Crippen molar-refractivity contribution in [3.05, 3.63) is 45.0 Å². The quantitative estimate of drug-likeness (QED) is 0.880. The van der Waals surface area contributed by atoms with Crippen LogP contribution in [0.1, 0.15) is 11.5 Å². The first-order valence-electron chi connectivity index (χ1n) is 4.53. The lowest BCUT2D eigenvalue weighted by Crippen LogP contribution is -1.92. The molecule has 3 nitrogen and oxygen atoms in total. The van der Waals surface area contributed by atoms with Crippen LogP contribution in [0.2, 0.25) is 0 Å². The highest BCUT2D eigenvalue weighted by Crippen LogP contribution is 2.17. The maximum Gasteiger partial charge on any atom is 0.284 e. The van der Waals surface area contributed by atoms with Gasteiger partial charge in [0.05, 0.1) is 0 Å². The zero-order chi connectivity index (χ0) is 10.7. The molecule has 15 heavy (non-hydrogen) atoms. The zero-order valence-corrected chi connectivity index (χ0v) is 10.3. The molecule has 2 rings (SSSR count). The molecule has 0 unspecified atom stereocenters. The van der Waals surface area contributed by atoms with Gasteiger partial charge < -0.3 is 4.42 Å². The third-order valence-electron chi connectivity index (χ3n) is 2.05. The van der Waals surface area contributed by atoms with E-state index in [1.54, 1.807) is 0 Å². The van der Waals surface area contributed by atoms with E-state index in [1.807, 2.05) is 18.2 Å². The Bertz CT molecular complexity index is 506. The zero-order valence-electron chi connectivity index (χ0n) is 7.87. The van der Waals surface area contributed by atoms with Crippen molar-refractivity contribution in [3.8, 4) is 0 Å². The van der Waals surface area contributed by atoms with Crippen molar-refractivity contribution < 1.29 is 4.42 Å². The lowest BCUT2D eigenvalue weighted by Gasteiger charge is -2.00. The van der Waals surface area contributed by atoms with E-state index in [4.69, 9.17) is 16.6 Å². The number of benzene rings is 1. The van der Waals surface area contributed by atoms with Crippen LogP contribution in [-0.2, 0) is 12.8 Å². The van der Waals surface area contributed by atoms with Crippen LogP contribution in [0.25, 0.3) is 0 Å². The monoisotopic (exact) mass is 284 g/mol. The predicted octanol–water partition coefficient (Wildman–Crippen LogP) is 3.28. The molecule has 0 fully saturated rings. The van der Waals surface area contributed by atoms with Gasteiger partial charge in [-0.1, -0.05) is 34.1 Å². The fraction of sp³-hybridized carbons (Fsp3) is 0.200. The van der Waals surface area contributed by atoms with E-state index < -0.39 is 0 Å². The molecule has 1 aromatic carbocycles. The summed E-state index contributed by atoms with van der Waals surface area (Å²) in [5.41, 5.74) is 1.24. The molecule has 2 aromatic rings. The van der Waals surface area contributed by atoms with Crippen molar-refractivity contribution in [1.29, 1.82) is 0 Å². The van der Waals surface area contributed by atoms with Crippen molar-refractivity contribution in [2.24, 2.45) is 0 Å². The number of nitrogens with one attached hydrogen (secondary N) is 1. The number of aromatic nitrogens is 2. The Morgan fingerprint density at radius 3 is 2.80 bits per heavy atom. The number of hydrogen-bond donors (Lipinski definition) is 1. The van der Waals surface area contributed by atoms with Gasteiger partial charge in [-0.2, -0.15) is 0 Å². The van der Waals surface area contributed by atoms with Crippen molar-refractivity contribution in [2.45, 2.75) is 12.8 Å². The first-order chi connectivity index (χ1) is 7.25. The van der Waals surface area contributed by atoms with Gasteiger partial charge in [-0.3, -0.25) is 0 Å². The van der Waals surface area contributed by atoms with Crippen molar-refractivity contribution >= 4 is 28.1 Å². The molecule has 0 bridgehead atoms. The second-order valence-corrected chi connectivity index (χ2v) is 4.32. The highest BCUT2D eigenvalue weighted by atomic mass is 79.9. The van der Waals surface area contributed by atoms with Gasteiger partial charge in [0.15, 0.2) is 0 Å². The van der Waals surface area contributed by atoms with Gasteiger partial charge in [-0.15, -0.1) is 5.10 Å². The Morgan fingerprint density at radius 1 is 1.33 bits per heavy atom. The van der Waals surface area contributed by atoms with Crippen molar-refractivity contribution in [2.75, 3.05) is 0 Å². The van der Waals surface area contributed by atoms with Crippen LogP contribution in [0.5, 0.6) is 0 Å². The normalized spacial score (nSPS) is 10.5. The number of hydrogen-bond acceptors (Lipinski definition) is 3. The third-order valence-corrected chi connectivity index (χ3v) is 3.00. The van der Waals surface area contributed by atoms with Gasteiger partial charge in [0.1, 0.15) is 0 Å². The number of rotatable bonds is 3. The van der Waals surface area contributed by atoms with E-state index in [-0.39, 0.29) is 0 Å². The molecule has 0 amide bonds. The van der Waals surface area contributed by atoms with Crippen molar-refractivity contribution in [3.63, 3.8) is 0 Å². The van der Waals surface area contributed by atoms with Crippen LogP contribution in [0, 0.1) is 4.84 Å². The van der Waals surface area contributed by atoms with Crippen LogP contribution >= 0.6 is 28.1 Å². The summed E-state index contributed by atoms with van der Waals surface area (Å²) in [6.07, 6.45) is 1.63. The number of aromatic amines is 1. The largest absolute Gasteiger partial charge is 0.414 e. The predicted molar refractivity (Wildman–Crippen MR) is 63.2 cm³/mol. The highest BCUT2D eigenvalue weighted by molar-refractivity contribution is 9.10. The van der Waals surface area contributed by atoms with E-state index in [0.717, 1.165) is 17.3 Å². The van der Waals surface area contributed by atoms with Crippen LogP contribution in [0.15, 0.2) is 33.2 Å². The molecule has 0 saturated heterocycles. The summed E-state index contributed by atoms with van der Waals surface area (Å²) >= 11 is 8.29. The number of H-pyrrole nitrogens is 1. The molecular formula is C10H9BrN2OS. The summed E-state index contributed by atoms with van der Waals surface area (Å²) in [5.74, 6) is 0.649. The van der Waals surface area contributed by atoms with Crippen LogP contribution in [0.3, 0.4) is 0 Å². The maximum atomic E-state index is 5.18. The molecule has 0 saturated carbocycles. The minimum absolute atomic E-state index is 0.331. The van der Waals surface area contributed by atoms with Gasteiger partial charge in [0.2, 0.25) is 5.89 Å². The fourth-order valence-electron chi connectivity index (χ4n) is 1.31. The number of nitrogens with zero attached hydrogens (tertiary/aromatic N) is 1. The van der Waals surface area contributed by atoms with E-state index in [0.29, 0.717) is 10.7 Å². The molecule has 78 valence electrons. The third kappa shape index (κ3) is 2.76. The minimum atomic E-state index is 0.331. The van der Waals surface area contributed by atoms with Gasteiger partial charge in [0, 0.05) is 10.9 Å². The average molecular weight is 285 g/mol. The summed E-state index contributed by atoms with van der Waals surface area (Å²) in [7, 11) is 0. The van der Waals surface area contributed by atoms with E-state index in [2.05, 4.69) is 32.2 Å². The molecular weight excluding hydrogens is 276 g/mol. The Morgan fingerprint density at radius 2 is 2.13 bits per heavy atom. The number of halogens is 1. The Kier molecular flexibility index (Phi) is 3.33. The molecule has 0 radical (unpaired) electrons. The maximum absolute atomic E-state index is 5.18. The molecule has 1 heterocycles. The first kappa shape index (κ1) is 10.6. The fourth-order valence-corrected chi connectivity index (χ4v) is 1.94. The lowest BCUT2D eigenvalue weighted by molar-refractivity contribution is 0.480. The number of aryl methyl sites for hydroxylation is 2. The van der Waals surface area contributed by atoms with Crippen molar-refractivity contribution in [1.82, 2.24) is 10.2 Å². The van der Waals surface area contributed by atoms with Gasteiger partial charge in [0.25, 0.3) is 4.84 Å². The molecule has 5 heteroatoms. The van der Waals surface area contributed by atoms with Crippen LogP contribution < -0.4 is 0 Å².